The van der Waals surface area contributed by atoms with E-state index in [4.69, 9.17) is 4.74 Å². The number of nitrogens with zero attached hydrogens (tertiary/aromatic N) is 3. The monoisotopic (exact) mass is 497 g/mol. The third kappa shape index (κ3) is 5.91. The topological polar surface area (TPSA) is 111 Å². The molecule has 0 aliphatic carbocycles. The number of carbonyl (C=O) groups excluding carboxylic acids is 4. The second-order valence-electron chi connectivity index (χ2n) is 8.61. The van der Waals surface area contributed by atoms with Crippen LogP contribution in [-0.4, -0.2) is 80.6 Å². The number of ether oxygens (including phenoxy) is 1. The standard InChI is InChI=1S/C25H28FN5O5/c1-17(32)27-14-20-16-31(25(35)36-20)19-7-8-22(21(26)13-19)29-9-11-30(12-10-29)23(33)15-28-24(34)18-5-3-2-4-6-18/h2-8,13,20H,9-12,14-16H2,1H3,(H,27,32)(H,28,34)/t20-/m0/s1. The maximum atomic E-state index is 15.0. The molecule has 0 radical (unpaired) electrons. The molecule has 0 bridgehead atoms. The second-order valence-corrected chi connectivity index (χ2v) is 8.61. The Bertz CT molecular complexity index is 1140. The van der Waals surface area contributed by atoms with Crippen molar-refractivity contribution in [2.45, 2.75) is 13.0 Å². The molecule has 2 aliphatic heterocycles. The summed E-state index contributed by atoms with van der Waals surface area (Å²) in [5.41, 5.74) is 1.24. The first-order chi connectivity index (χ1) is 17.3. The minimum absolute atomic E-state index is 0.106. The van der Waals surface area contributed by atoms with Crippen molar-refractivity contribution in [3.8, 4) is 0 Å². The molecule has 190 valence electrons. The van der Waals surface area contributed by atoms with Gasteiger partial charge in [0.1, 0.15) is 11.9 Å². The Labute approximate surface area is 208 Å². The lowest BCUT2D eigenvalue weighted by molar-refractivity contribution is -0.130. The van der Waals surface area contributed by atoms with Gasteiger partial charge in [0.2, 0.25) is 11.8 Å². The molecular weight excluding hydrogens is 469 g/mol. The number of anilines is 2. The van der Waals surface area contributed by atoms with Crippen LogP contribution in [0.25, 0.3) is 0 Å². The molecule has 2 saturated heterocycles. The van der Waals surface area contributed by atoms with Crippen molar-refractivity contribution in [2.75, 3.05) is 55.6 Å². The Hall–Kier alpha value is -4.15. The third-order valence-corrected chi connectivity index (χ3v) is 6.10. The summed E-state index contributed by atoms with van der Waals surface area (Å²) in [5.74, 6) is -1.22. The average Bonchev–Trinajstić information content (AvgIpc) is 3.26. The predicted octanol–water partition coefficient (Wildman–Crippen LogP) is 1.37. The zero-order valence-electron chi connectivity index (χ0n) is 19.9. The van der Waals surface area contributed by atoms with Crippen LogP contribution >= 0.6 is 0 Å². The summed E-state index contributed by atoms with van der Waals surface area (Å²) in [6.07, 6.45) is -1.10. The Morgan fingerprint density at radius 2 is 1.75 bits per heavy atom. The van der Waals surface area contributed by atoms with Crippen LogP contribution in [-0.2, 0) is 14.3 Å². The molecule has 2 N–H and O–H groups in total. The molecule has 0 aromatic heterocycles. The number of cyclic esters (lactones) is 1. The molecule has 4 rings (SSSR count). The van der Waals surface area contributed by atoms with Crippen LogP contribution in [0.3, 0.4) is 0 Å². The molecule has 2 fully saturated rings. The summed E-state index contributed by atoms with van der Waals surface area (Å²) in [7, 11) is 0. The lowest BCUT2D eigenvalue weighted by atomic mass is 10.2. The van der Waals surface area contributed by atoms with Crippen LogP contribution in [0.15, 0.2) is 48.5 Å². The Balaban J connectivity index is 1.28. The first-order valence-corrected chi connectivity index (χ1v) is 11.7. The number of halogens is 1. The highest BCUT2D eigenvalue weighted by molar-refractivity contribution is 5.96. The largest absolute Gasteiger partial charge is 0.442 e. The van der Waals surface area contributed by atoms with E-state index in [0.29, 0.717) is 43.1 Å². The van der Waals surface area contributed by atoms with Gasteiger partial charge >= 0.3 is 6.09 Å². The van der Waals surface area contributed by atoms with E-state index in [2.05, 4.69) is 10.6 Å². The molecule has 0 spiro atoms. The first kappa shape index (κ1) is 25.0. The highest BCUT2D eigenvalue weighted by Gasteiger charge is 2.33. The van der Waals surface area contributed by atoms with Gasteiger partial charge in [-0.25, -0.2) is 9.18 Å². The number of benzene rings is 2. The van der Waals surface area contributed by atoms with Crippen molar-refractivity contribution in [1.29, 1.82) is 0 Å². The molecule has 36 heavy (non-hydrogen) atoms. The number of rotatable bonds is 7. The van der Waals surface area contributed by atoms with Crippen LogP contribution < -0.4 is 20.4 Å². The highest BCUT2D eigenvalue weighted by atomic mass is 19.1. The molecule has 4 amide bonds. The van der Waals surface area contributed by atoms with E-state index in [9.17, 15) is 23.6 Å². The van der Waals surface area contributed by atoms with E-state index in [1.54, 1.807) is 41.3 Å². The molecular formula is C25H28FN5O5. The fraction of sp³-hybridized carbons (Fsp3) is 0.360. The lowest BCUT2D eigenvalue weighted by Gasteiger charge is -2.36. The number of hydrogen-bond donors (Lipinski definition) is 2. The van der Waals surface area contributed by atoms with Crippen molar-refractivity contribution < 1.29 is 28.3 Å². The normalized spacial score (nSPS) is 17.6. The Morgan fingerprint density at radius 3 is 2.42 bits per heavy atom. The molecule has 0 unspecified atom stereocenters. The molecule has 0 saturated carbocycles. The van der Waals surface area contributed by atoms with E-state index in [1.807, 2.05) is 11.0 Å². The van der Waals surface area contributed by atoms with Gasteiger partial charge in [0.15, 0.2) is 0 Å². The van der Waals surface area contributed by atoms with E-state index in [1.165, 1.54) is 17.9 Å². The highest BCUT2D eigenvalue weighted by Crippen LogP contribution is 2.28. The maximum Gasteiger partial charge on any atom is 0.414 e. The van der Waals surface area contributed by atoms with Crippen molar-refractivity contribution in [3.05, 3.63) is 59.9 Å². The fourth-order valence-electron chi connectivity index (χ4n) is 4.17. The van der Waals surface area contributed by atoms with Crippen LogP contribution in [0.5, 0.6) is 0 Å². The van der Waals surface area contributed by atoms with Crippen LogP contribution in [0, 0.1) is 5.82 Å². The minimum atomic E-state index is -0.594. The molecule has 2 aliphatic rings. The molecule has 2 aromatic rings. The second kappa shape index (κ2) is 11.1. The number of carbonyl (C=O) groups is 4. The summed E-state index contributed by atoms with van der Waals surface area (Å²) >= 11 is 0. The van der Waals surface area contributed by atoms with E-state index < -0.39 is 18.0 Å². The molecule has 10 nitrogen and oxygen atoms in total. The van der Waals surface area contributed by atoms with E-state index in [0.717, 1.165) is 0 Å². The van der Waals surface area contributed by atoms with Crippen LogP contribution in [0.1, 0.15) is 17.3 Å². The minimum Gasteiger partial charge on any atom is -0.442 e. The molecule has 1 atom stereocenters. The Kier molecular flexibility index (Phi) is 7.67. The van der Waals surface area contributed by atoms with Crippen molar-refractivity contribution >= 4 is 35.2 Å². The maximum absolute atomic E-state index is 15.0. The van der Waals surface area contributed by atoms with Gasteiger partial charge in [-0.2, -0.15) is 0 Å². The molecule has 2 aromatic carbocycles. The summed E-state index contributed by atoms with van der Waals surface area (Å²) in [6.45, 7) is 3.32. The number of piperazine rings is 1. The smallest absolute Gasteiger partial charge is 0.414 e. The lowest BCUT2D eigenvalue weighted by Crippen LogP contribution is -2.51. The van der Waals surface area contributed by atoms with Gasteiger partial charge in [-0.3, -0.25) is 19.3 Å². The molecule has 2 heterocycles. The molecule has 11 heteroatoms. The summed E-state index contributed by atoms with van der Waals surface area (Å²) in [4.78, 5) is 52.8. The third-order valence-electron chi connectivity index (χ3n) is 6.10. The van der Waals surface area contributed by atoms with Crippen LogP contribution in [0.2, 0.25) is 0 Å². The predicted molar refractivity (Wildman–Crippen MR) is 130 cm³/mol. The van der Waals surface area contributed by atoms with Crippen LogP contribution in [0.4, 0.5) is 20.6 Å². The van der Waals surface area contributed by atoms with Gasteiger partial charge in [0, 0.05) is 38.7 Å². The van der Waals surface area contributed by atoms with Gasteiger partial charge < -0.3 is 25.2 Å². The van der Waals surface area contributed by atoms with Crippen molar-refractivity contribution in [1.82, 2.24) is 15.5 Å². The van der Waals surface area contributed by atoms with Gasteiger partial charge in [-0.15, -0.1) is 0 Å². The van der Waals surface area contributed by atoms with Crippen molar-refractivity contribution in [2.24, 2.45) is 0 Å². The van der Waals surface area contributed by atoms with E-state index >= 15 is 0 Å². The summed E-state index contributed by atoms with van der Waals surface area (Å²) < 4.78 is 20.2. The first-order valence-electron chi connectivity index (χ1n) is 11.7. The van der Waals surface area contributed by atoms with Gasteiger partial charge in [0.05, 0.1) is 31.0 Å². The quantitative estimate of drug-likeness (QED) is 0.598. The van der Waals surface area contributed by atoms with Gasteiger partial charge in [-0.05, 0) is 30.3 Å². The van der Waals surface area contributed by atoms with E-state index in [-0.39, 0.29) is 37.4 Å². The van der Waals surface area contributed by atoms with Crippen molar-refractivity contribution in [3.63, 3.8) is 0 Å². The van der Waals surface area contributed by atoms with Gasteiger partial charge in [-0.1, -0.05) is 18.2 Å². The zero-order valence-corrected chi connectivity index (χ0v) is 19.9. The SMILES string of the molecule is CC(=O)NC[C@H]1CN(c2ccc(N3CCN(C(=O)CNC(=O)c4ccccc4)CC3)c(F)c2)C(=O)O1. The average molecular weight is 498 g/mol. The number of amides is 4. The van der Waals surface area contributed by atoms with Gasteiger partial charge in [0.25, 0.3) is 5.91 Å². The summed E-state index contributed by atoms with van der Waals surface area (Å²) in [6, 6.07) is 13.2. The summed E-state index contributed by atoms with van der Waals surface area (Å²) in [5, 5.41) is 5.24. The number of hydrogen-bond acceptors (Lipinski definition) is 6. The fourth-order valence-corrected chi connectivity index (χ4v) is 4.17. The number of nitrogens with one attached hydrogen (secondary N) is 2. The Morgan fingerprint density at radius 1 is 1.03 bits per heavy atom. The zero-order chi connectivity index (χ0) is 25.7.